The van der Waals surface area contributed by atoms with Gasteiger partial charge in [0, 0.05) is 12.1 Å². The summed E-state index contributed by atoms with van der Waals surface area (Å²) in [5.41, 5.74) is 8.34. The second-order valence-electron chi connectivity index (χ2n) is 7.56. The summed E-state index contributed by atoms with van der Waals surface area (Å²) in [6.45, 7) is 2.93. The topological polar surface area (TPSA) is 114 Å². The molecule has 1 saturated heterocycles. The molecule has 4 rings (SSSR count). The third-order valence-electron chi connectivity index (χ3n) is 5.32. The van der Waals surface area contributed by atoms with E-state index in [0.717, 1.165) is 24.8 Å². The van der Waals surface area contributed by atoms with E-state index in [9.17, 15) is 13.2 Å². The first kappa shape index (κ1) is 20.2. The maximum Gasteiger partial charge on any atom is 0.344 e. The standard InChI is InChI=1S/C21H24N4O4S/c1-14-6-4-7-15(12-14)21(26)25-11-3-2-8-16(25)13-29-18-10-5-9-17-19(18)20(22)24-30(27,28)23-17/h4-7,9-10,12,16,23H,2-3,8,11,13H2,1H3,(H2,22,24)/t16-/m1/s1. The number of benzene rings is 2. The third-order valence-corrected chi connectivity index (χ3v) is 6.24. The minimum atomic E-state index is -3.85. The Morgan fingerprint density at radius 1 is 1.27 bits per heavy atom. The number of fused-ring (bicyclic) bond motifs is 1. The zero-order valence-electron chi connectivity index (χ0n) is 16.7. The summed E-state index contributed by atoms with van der Waals surface area (Å²) in [6.07, 6.45) is 2.81. The van der Waals surface area contributed by atoms with Crippen LogP contribution in [0.15, 0.2) is 46.9 Å². The van der Waals surface area contributed by atoms with Gasteiger partial charge in [0.15, 0.2) is 5.84 Å². The Morgan fingerprint density at radius 2 is 2.07 bits per heavy atom. The molecule has 158 valence electrons. The summed E-state index contributed by atoms with van der Waals surface area (Å²) in [5, 5.41) is 0. The molecule has 2 aliphatic rings. The van der Waals surface area contributed by atoms with Crippen LogP contribution in [-0.4, -0.2) is 44.3 Å². The van der Waals surface area contributed by atoms with Crippen molar-refractivity contribution < 1.29 is 17.9 Å². The highest BCUT2D eigenvalue weighted by Gasteiger charge is 2.29. The van der Waals surface area contributed by atoms with Gasteiger partial charge in [-0.15, -0.1) is 4.40 Å². The van der Waals surface area contributed by atoms with Crippen LogP contribution in [0.25, 0.3) is 0 Å². The first-order valence-electron chi connectivity index (χ1n) is 9.86. The molecule has 1 atom stereocenters. The number of rotatable bonds is 4. The molecule has 0 radical (unpaired) electrons. The van der Waals surface area contributed by atoms with Crippen LogP contribution in [-0.2, 0) is 10.2 Å². The van der Waals surface area contributed by atoms with Crippen LogP contribution >= 0.6 is 0 Å². The minimum Gasteiger partial charge on any atom is -0.491 e. The van der Waals surface area contributed by atoms with Crippen molar-refractivity contribution in [1.29, 1.82) is 0 Å². The smallest absolute Gasteiger partial charge is 0.344 e. The Kier molecular flexibility index (Phi) is 5.38. The number of carbonyl (C=O) groups excluding carboxylic acids is 1. The number of nitrogens with one attached hydrogen (secondary N) is 1. The number of anilines is 1. The number of amidine groups is 1. The maximum absolute atomic E-state index is 13.1. The van der Waals surface area contributed by atoms with Crippen LogP contribution in [0.5, 0.6) is 5.75 Å². The van der Waals surface area contributed by atoms with E-state index in [0.29, 0.717) is 29.1 Å². The second-order valence-corrected chi connectivity index (χ2v) is 8.90. The summed E-state index contributed by atoms with van der Waals surface area (Å²) in [6, 6.07) is 12.5. The predicted octanol–water partition coefficient (Wildman–Crippen LogP) is 2.44. The first-order valence-corrected chi connectivity index (χ1v) is 11.3. The molecule has 0 aromatic heterocycles. The lowest BCUT2D eigenvalue weighted by Crippen LogP contribution is -2.46. The average molecular weight is 429 g/mol. The lowest BCUT2D eigenvalue weighted by molar-refractivity contribution is 0.0528. The number of amides is 1. The molecular formula is C21H24N4O4S. The van der Waals surface area contributed by atoms with Gasteiger partial charge in [-0.1, -0.05) is 23.8 Å². The number of ether oxygens (including phenoxy) is 1. The van der Waals surface area contributed by atoms with Gasteiger partial charge < -0.3 is 15.4 Å². The van der Waals surface area contributed by atoms with Gasteiger partial charge in [-0.2, -0.15) is 8.42 Å². The summed E-state index contributed by atoms with van der Waals surface area (Å²) in [5.74, 6) is 0.316. The van der Waals surface area contributed by atoms with Crippen molar-refractivity contribution in [2.45, 2.75) is 32.2 Å². The number of hydrogen-bond donors (Lipinski definition) is 2. The predicted molar refractivity (Wildman–Crippen MR) is 115 cm³/mol. The highest BCUT2D eigenvalue weighted by Crippen LogP contribution is 2.31. The monoisotopic (exact) mass is 428 g/mol. The molecule has 1 fully saturated rings. The number of nitrogens with zero attached hydrogens (tertiary/aromatic N) is 2. The molecular weight excluding hydrogens is 404 g/mol. The molecule has 1 amide bonds. The van der Waals surface area contributed by atoms with E-state index in [4.69, 9.17) is 10.5 Å². The highest BCUT2D eigenvalue weighted by atomic mass is 32.2. The molecule has 0 aliphatic carbocycles. The molecule has 0 spiro atoms. The van der Waals surface area contributed by atoms with Gasteiger partial charge >= 0.3 is 10.2 Å². The van der Waals surface area contributed by atoms with E-state index in [-0.39, 0.29) is 24.4 Å². The molecule has 9 heteroatoms. The fraction of sp³-hybridized carbons (Fsp3) is 0.333. The molecule has 30 heavy (non-hydrogen) atoms. The summed E-state index contributed by atoms with van der Waals surface area (Å²) >= 11 is 0. The minimum absolute atomic E-state index is 0.00377. The molecule has 2 aromatic carbocycles. The van der Waals surface area contributed by atoms with Crippen LogP contribution < -0.4 is 15.2 Å². The summed E-state index contributed by atoms with van der Waals surface area (Å²) in [7, 11) is -3.85. The Labute approximate surface area is 175 Å². The molecule has 8 nitrogen and oxygen atoms in total. The number of piperidine rings is 1. The van der Waals surface area contributed by atoms with Crippen LogP contribution in [0.3, 0.4) is 0 Å². The van der Waals surface area contributed by atoms with Gasteiger partial charge in [0.25, 0.3) is 5.91 Å². The maximum atomic E-state index is 13.1. The molecule has 3 N–H and O–H groups in total. The number of hydrogen-bond acceptors (Lipinski definition) is 5. The van der Waals surface area contributed by atoms with Crippen molar-refractivity contribution in [3.05, 3.63) is 59.2 Å². The number of likely N-dealkylation sites (tertiary alicyclic amines) is 1. The molecule has 2 aliphatic heterocycles. The van der Waals surface area contributed by atoms with Crippen LogP contribution in [0, 0.1) is 6.92 Å². The van der Waals surface area contributed by atoms with E-state index in [1.54, 1.807) is 18.2 Å². The normalized spacial score (nSPS) is 20.0. The van der Waals surface area contributed by atoms with Crippen molar-refractivity contribution in [1.82, 2.24) is 4.90 Å². The van der Waals surface area contributed by atoms with Crippen LogP contribution in [0.2, 0.25) is 0 Å². The molecule has 0 unspecified atom stereocenters. The third kappa shape index (κ3) is 4.11. The Morgan fingerprint density at radius 3 is 2.87 bits per heavy atom. The lowest BCUT2D eigenvalue weighted by atomic mass is 10.0. The fourth-order valence-corrected chi connectivity index (χ4v) is 4.75. The Balaban J connectivity index is 1.54. The van der Waals surface area contributed by atoms with Gasteiger partial charge in [0.2, 0.25) is 0 Å². The van der Waals surface area contributed by atoms with E-state index in [1.165, 1.54) is 0 Å². The second kappa shape index (κ2) is 7.98. The van der Waals surface area contributed by atoms with Gasteiger partial charge in [-0.3, -0.25) is 9.52 Å². The van der Waals surface area contributed by atoms with Crippen molar-refractivity contribution >= 4 is 27.6 Å². The van der Waals surface area contributed by atoms with E-state index in [2.05, 4.69) is 9.12 Å². The van der Waals surface area contributed by atoms with Crippen molar-refractivity contribution in [3.63, 3.8) is 0 Å². The SMILES string of the molecule is Cc1cccc(C(=O)N2CCCC[C@@H]2COc2cccc3c2C(N)=NS(=O)(=O)N3)c1. The molecule has 2 heterocycles. The molecule has 0 saturated carbocycles. The fourth-order valence-electron chi connectivity index (χ4n) is 3.91. The van der Waals surface area contributed by atoms with Gasteiger partial charge in [-0.05, 0) is 50.5 Å². The van der Waals surface area contributed by atoms with E-state index in [1.807, 2.05) is 36.1 Å². The quantitative estimate of drug-likeness (QED) is 0.776. The zero-order valence-corrected chi connectivity index (χ0v) is 17.5. The number of nitrogens with two attached hydrogens (primary N) is 1. The zero-order chi connectivity index (χ0) is 21.3. The highest BCUT2D eigenvalue weighted by molar-refractivity contribution is 7.91. The first-order chi connectivity index (χ1) is 14.3. The number of carbonyl (C=O) groups is 1. The van der Waals surface area contributed by atoms with Crippen molar-refractivity contribution in [2.75, 3.05) is 17.9 Å². The van der Waals surface area contributed by atoms with Crippen LogP contribution in [0.4, 0.5) is 5.69 Å². The van der Waals surface area contributed by atoms with Gasteiger partial charge in [0.1, 0.15) is 12.4 Å². The largest absolute Gasteiger partial charge is 0.491 e. The van der Waals surface area contributed by atoms with Gasteiger partial charge in [0.05, 0.1) is 17.3 Å². The lowest BCUT2D eigenvalue weighted by Gasteiger charge is -2.36. The molecule has 0 bridgehead atoms. The van der Waals surface area contributed by atoms with Gasteiger partial charge in [-0.25, -0.2) is 0 Å². The van der Waals surface area contributed by atoms with E-state index >= 15 is 0 Å². The van der Waals surface area contributed by atoms with Crippen molar-refractivity contribution in [2.24, 2.45) is 10.1 Å². The van der Waals surface area contributed by atoms with E-state index < -0.39 is 10.2 Å². The van der Waals surface area contributed by atoms with Crippen molar-refractivity contribution in [3.8, 4) is 5.75 Å². The summed E-state index contributed by atoms with van der Waals surface area (Å²) in [4.78, 5) is 15.0. The Hall–Kier alpha value is -3.07. The number of aryl methyl sites for hydroxylation is 1. The Bertz CT molecular complexity index is 1110. The van der Waals surface area contributed by atoms with Crippen LogP contribution in [0.1, 0.15) is 40.7 Å². The molecule has 2 aromatic rings. The summed E-state index contributed by atoms with van der Waals surface area (Å²) < 4.78 is 35.4. The average Bonchev–Trinajstić information content (AvgIpc) is 2.70.